The molecule has 0 heterocycles. The summed E-state index contributed by atoms with van der Waals surface area (Å²) in [5.74, 6) is -0.540. The van der Waals surface area contributed by atoms with Gasteiger partial charge in [0.05, 0.1) is 18.4 Å². The molecule has 2 rings (SSSR count). The van der Waals surface area contributed by atoms with E-state index in [2.05, 4.69) is 0 Å². The van der Waals surface area contributed by atoms with Crippen LogP contribution in [0.5, 0.6) is 5.75 Å². The summed E-state index contributed by atoms with van der Waals surface area (Å²) in [4.78, 5) is 13.1. The number of halogens is 1. The summed E-state index contributed by atoms with van der Waals surface area (Å²) < 4.78 is 18.8. The Morgan fingerprint density at radius 3 is 2.70 bits per heavy atom. The summed E-state index contributed by atoms with van der Waals surface area (Å²) in [6.45, 7) is 1.99. The van der Waals surface area contributed by atoms with Crippen molar-refractivity contribution in [3.8, 4) is 5.75 Å². The van der Waals surface area contributed by atoms with Gasteiger partial charge in [0.1, 0.15) is 0 Å². The molecule has 0 spiro atoms. The molecule has 0 aliphatic rings. The Balaban J connectivity index is 2.09. The van der Waals surface area contributed by atoms with E-state index < -0.39 is 5.82 Å². The van der Waals surface area contributed by atoms with Gasteiger partial charge in [-0.2, -0.15) is 0 Å². The van der Waals surface area contributed by atoms with Gasteiger partial charge in [-0.3, -0.25) is 4.79 Å². The van der Waals surface area contributed by atoms with Crippen molar-refractivity contribution in [2.45, 2.75) is 11.8 Å². The lowest BCUT2D eigenvalue weighted by Crippen LogP contribution is -2.06. The van der Waals surface area contributed by atoms with Gasteiger partial charge < -0.3 is 4.74 Å². The quantitative estimate of drug-likeness (QED) is 0.612. The van der Waals surface area contributed by atoms with Gasteiger partial charge in [0, 0.05) is 4.90 Å². The Kier molecular flexibility index (Phi) is 4.79. The van der Waals surface area contributed by atoms with Gasteiger partial charge in [0.15, 0.2) is 17.3 Å². The van der Waals surface area contributed by atoms with E-state index in [1.165, 1.54) is 31.0 Å². The normalized spacial score (nSPS) is 10.3. The van der Waals surface area contributed by atoms with E-state index in [4.69, 9.17) is 4.74 Å². The van der Waals surface area contributed by atoms with Crippen LogP contribution in [-0.4, -0.2) is 18.6 Å². The van der Waals surface area contributed by atoms with Crippen molar-refractivity contribution < 1.29 is 13.9 Å². The van der Waals surface area contributed by atoms with Gasteiger partial charge in [-0.1, -0.05) is 23.8 Å². The van der Waals surface area contributed by atoms with Gasteiger partial charge in [0.25, 0.3) is 0 Å². The zero-order valence-corrected chi connectivity index (χ0v) is 12.2. The molecule has 0 atom stereocenters. The maximum absolute atomic E-state index is 14.0. The summed E-state index contributed by atoms with van der Waals surface area (Å²) in [7, 11) is 1.38. The van der Waals surface area contributed by atoms with E-state index in [-0.39, 0.29) is 22.8 Å². The van der Waals surface area contributed by atoms with Crippen LogP contribution in [0.4, 0.5) is 4.39 Å². The molecule has 0 saturated carbocycles. The molecule has 0 fully saturated rings. The molecule has 0 aliphatic heterocycles. The molecule has 2 aromatic carbocycles. The van der Waals surface area contributed by atoms with Crippen molar-refractivity contribution >= 4 is 17.5 Å². The number of rotatable bonds is 5. The second-order valence-corrected chi connectivity index (χ2v) is 5.40. The van der Waals surface area contributed by atoms with Gasteiger partial charge in [-0.25, -0.2) is 4.39 Å². The first-order valence-electron chi connectivity index (χ1n) is 6.17. The fraction of sp³-hybridized carbons (Fsp3) is 0.188. The molecule has 2 aromatic rings. The van der Waals surface area contributed by atoms with Crippen LogP contribution in [0.25, 0.3) is 0 Å². The number of ether oxygens (including phenoxy) is 1. The Hall–Kier alpha value is -1.81. The summed E-state index contributed by atoms with van der Waals surface area (Å²) in [5.41, 5.74) is 1.21. The van der Waals surface area contributed by atoms with Crippen molar-refractivity contribution in [3.63, 3.8) is 0 Å². The third-order valence-corrected chi connectivity index (χ3v) is 3.84. The van der Waals surface area contributed by atoms with E-state index in [0.29, 0.717) is 0 Å². The summed E-state index contributed by atoms with van der Waals surface area (Å²) in [6.07, 6.45) is 0. The lowest BCUT2D eigenvalue weighted by molar-refractivity contribution is 0.101. The van der Waals surface area contributed by atoms with Crippen LogP contribution >= 0.6 is 11.8 Å². The first-order valence-corrected chi connectivity index (χ1v) is 7.15. The first kappa shape index (κ1) is 14.6. The van der Waals surface area contributed by atoms with E-state index in [0.717, 1.165) is 10.5 Å². The fourth-order valence-electron chi connectivity index (χ4n) is 1.82. The van der Waals surface area contributed by atoms with Crippen molar-refractivity contribution in [1.29, 1.82) is 0 Å². The summed E-state index contributed by atoms with van der Waals surface area (Å²) in [5, 5.41) is 0. The molecule has 0 unspecified atom stereocenters. The maximum atomic E-state index is 14.0. The number of hydrogen-bond donors (Lipinski definition) is 0. The van der Waals surface area contributed by atoms with Crippen LogP contribution < -0.4 is 4.74 Å². The van der Waals surface area contributed by atoms with Crippen LogP contribution in [0.1, 0.15) is 15.9 Å². The molecule has 104 valence electrons. The summed E-state index contributed by atoms with van der Waals surface area (Å²) >= 11 is 1.40. The number of carbonyl (C=O) groups excluding carboxylic acids is 1. The van der Waals surface area contributed by atoms with Crippen molar-refractivity contribution in [2.24, 2.45) is 0 Å². The van der Waals surface area contributed by atoms with E-state index in [9.17, 15) is 9.18 Å². The van der Waals surface area contributed by atoms with Crippen LogP contribution in [-0.2, 0) is 0 Å². The van der Waals surface area contributed by atoms with E-state index in [1.54, 1.807) is 6.07 Å². The van der Waals surface area contributed by atoms with Crippen molar-refractivity contribution in [2.75, 3.05) is 12.9 Å². The number of benzene rings is 2. The number of carbonyl (C=O) groups is 1. The smallest absolute Gasteiger partial charge is 0.176 e. The van der Waals surface area contributed by atoms with Crippen LogP contribution in [0.2, 0.25) is 0 Å². The largest absolute Gasteiger partial charge is 0.494 e. The monoisotopic (exact) mass is 290 g/mol. The maximum Gasteiger partial charge on any atom is 0.176 e. The van der Waals surface area contributed by atoms with Crippen molar-refractivity contribution in [3.05, 3.63) is 59.4 Å². The van der Waals surface area contributed by atoms with Gasteiger partial charge in [0.2, 0.25) is 0 Å². The minimum absolute atomic E-state index is 0.0736. The minimum Gasteiger partial charge on any atom is -0.494 e. The lowest BCUT2D eigenvalue weighted by Gasteiger charge is -2.07. The SMILES string of the molecule is COc1cccc(C(=O)CSc2cccc(C)c2)c1F. The van der Waals surface area contributed by atoms with Gasteiger partial charge in [-0.05, 0) is 31.2 Å². The minimum atomic E-state index is -0.593. The number of hydrogen-bond acceptors (Lipinski definition) is 3. The average molecular weight is 290 g/mol. The van der Waals surface area contributed by atoms with Gasteiger partial charge in [-0.15, -0.1) is 11.8 Å². The molecular weight excluding hydrogens is 275 g/mol. The topological polar surface area (TPSA) is 26.3 Å². The third-order valence-electron chi connectivity index (χ3n) is 2.84. The second kappa shape index (κ2) is 6.57. The van der Waals surface area contributed by atoms with Crippen LogP contribution in [0.3, 0.4) is 0 Å². The molecule has 0 saturated heterocycles. The standard InChI is InChI=1S/C16H15FO2S/c1-11-5-3-6-12(9-11)20-10-14(18)13-7-4-8-15(19-2)16(13)17/h3-9H,10H2,1-2H3. The summed E-state index contributed by atoms with van der Waals surface area (Å²) in [6, 6.07) is 12.5. The lowest BCUT2D eigenvalue weighted by atomic mass is 10.1. The number of aryl methyl sites for hydroxylation is 1. The molecule has 0 aliphatic carbocycles. The highest BCUT2D eigenvalue weighted by atomic mass is 32.2. The Labute approximate surface area is 122 Å². The molecule has 4 heteroatoms. The predicted molar refractivity (Wildman–Crippen MR) is 79.2 cm³/mol. The number of thioether (sulfide) groups is 1. The molecule has 2 nitrogen and oxygen atoms in total. The molecule has 0 radical (unpaired) electrons. The predicted octanol–water partition coefficient (Wildman–Crippen LogP) is 4.12. The average Bonchev–Trinajstić information content (AvgIpc) is 2.45. The highest BCUT2D eigenvalue weighted by molar-refractivity contribution is 8.00. The third kappa shape index (κ3) is 3.39. The number of methoxy groups -OCH3 is 1. The van der Waals surface area contributed by atoms with E-state index >= 15 is 0 Å². The number of ketones is 1. The Morgan fingerprint density at radius 2 is 2.00 bits per heavy atom. The van der Waals surface area contributed by atoms with E-state index in [1.807, 2.05) is 31.2 Å². The molecule has 20 heavy (non-hydrogen) atoms. The highest BCUT2D eigenvalue weighted by Crippen LogP contribution is 2.24. The molecule has 0 aromatic heterocycles. The highest BCUT2D eigenvalue weighted by Gasteiger charge is 2.15. The van der Waals surface area contributed by atoms with Crippen LogP contribution in [0, 0.1) is 12.7 Å². The second-order valence-electron chi connectivity index (χ2n) is 4.35. The zero-order valence-electron chi connectivity index (χ0n) is 11.4. The molecular formula is C16H15FO2S. The molecule has 0 bridgehead atoms. The molecule has 0 N–H and O–H groups in total. The molecule has 0 amide bonds. The number of Topliss-reactive ketones (excluding diaryl/α,β-unsaturated/α-hetero) is 1. The zero-order chi connectivity index (χ0) is 14.5. The Morgan fingerprint density at radius 1 is 1.25 bits per heavy atom. The first-order chi connectivity index (χ1) is 9.61. The van der Waals surface area contributed by atoms with Crippen LogP contribution in [0.15, 0.2) is 47.4 Å². The fourth-order valence-corrected chi connectivity index (χ4v) is 2.71. The van der Waals surface area contributed by atoms with Gasteiger partial charge >= 0.3 is 0 Å². The Bertz CT molecular complexity index is 626. The van der Waals surface area contributed by atoms with Crippen molar-refractivity contribution in [1.82, 2.24) is 0 Å².